The predicted octanol–water partition coefficient (Wildman–Crippen LogP) is 5.77. The zero-order valence-electron chi connectivity index (χ0n) is 18.4. The molecule has 5 heteroatoms. The summed E-state index contributed by atoms with van der Waals surface area (Å²) < 4.78 is 13.3. The molecule has 1 aromatic heterocycles. The number of benzene rings is 2. The molecule has 0 amide bonds. The molecule has 1 N–H and O–H groups in total. The summed E-state index contributed by atoms with van der Waals surface area (Å²) in [5.41, 5.74) is 6.48. The van der Waals surface area contributed by atoms with Gasteiger partial charge in [-0.15, -0.1) is 0 Å². The minimum absolute atomic E-state index is 0.116. The van der Waals surface area contributed by atoms with Gasteiger partial charge < -0.3 is 10.0 Å². The summed E-state index contributed by atoms with van der Waals surface area (Å²) in [7, 11) is 0. The van der Waals surface area contributed by atoms with Crippen LogP contribution in [0, 0.1) is 5.82 Å². The lowest BCUT2D eigenvalue weighted by Gasteiger charge is -2.26. The van der Waals surface area contributed by atoms with E-state index in [1.54, 1.807) is 6.07 Å². The van der Waals surface area contributed by atoms with E-state index in [2.05, 4.69) is 66.2 Å². The largest absolute Gasteiger partial charge is 0.388 e. The van der Waals surface area contributed by atoms with Crippen LogP contribution in [0.2, 0.25) is 0 Å². The van der Waals surface area contributed by atoms with Gasteiger partial charge >= 0.3 is 0 Å². The van der Waals surface area contributed by atoms with Gasteiger partial charge in [0.1, 0.15) is 10.8 Å². The number of hydrogen-bond acceptors (Lipinski definition) is 3. The molecule has 2 atom stereocenters. The van der Waals surface area contributed by atoms with E-state index >= 15 is 0 Å². The molecule has 1 saturated heterocycles. The Kier molecular flexibility index (Phi) is 5.34. The summed E-state index contributed by atoms with van der Waals surface area (Å²) in [5.74, 6) is 0.0670. The molecule has 2 aliphatic rings. The number of nitrogens with zero attached hydrogens (tertiary/aromatic N) is 2. The molecule has 3 aromatic rings. The van der Waals surface area contributed by atoms with Gasteiger partial charge in [0.25, 0.3) is 0 Å². The van der Waals surface area contributed by atoms with Crippen LogP contribution in [0.5, 0.6) is 0 Å². The smallest absolute Gasteiger partial charge is 0.141 e. The predicted molar refractivity (Wildman–Crippen MR) is 129 cm³/mol. The zero-order chi connectivity index (χ0) is 22.5. The van der Waals surface area contributed by atoms with Gasteiger partial charge in [0.2, 0.25) is 0 Å². The van der Waals surface area contributed by atoms with E-state index in [9.17, 15) is 9.50 Å². The molecule has 32 heavy (non-hydrogen) atoms. The second kappa shape index (κ2) is 8.05. The number of halogens is 1. The molecule has 3 nitrogen and oxygen atoms in total. The van der Waals surface area contributed by atoms with E-state index in [0.29, 0.717) is 23.0 Å². The number of hydrogen-bond donors (Lipinski definition) is 1. The summed E-state index contributed by atoms with van der Waals surface area (Å²) in [4.78, 5) is 6.96. The summed E-state index contributed by atoms with van der Waals surface area (Å²) in [6, 6.07) is 18.1. The number of rotatable bonds is 3. The summed E-state index contributed by atoms with van der Waals surface area (Å²) in [6.45, 7) is 5.98. The van der Waals surface area contributed by atoms with Crippen LogP contribution < -0.4 is 0 Å². The van der Waals surface area contributed by atoms with Crippen molar-refractivity contribution in [2.24, 2.45) is 0 Å². The topological polar surface area (TPSA) is 36.4 Å². The summed E-state index contributed by atoms with van der Waals surface area (Å²) >= 11 is 5.67. The monoisotopic (exact) mass is 446 g/mol. The van der Waals surface area contributed by atoms with Crippen LogP contribution in [-0.2, 0) is 5.41 Å². The molecule has 5 rings (SSSR count). The maximum absolute atomic E-state index is 13.3. The molecule has 2 aromatic carbocycles. The average Bonchev–Trinajstić information content (AvgIpc) is 3.34. The first-order chi connectivity index (χ1) is 15.4. The molecule has 1 spiro atoms. The van der Waals surface area contributed by atoms with Gasteiger partial charge in [0.15, 0.2) is 0 Å². The number of aliphatic hydroxyl groups excluding tert-OH is 1. The molecule has 1 aliphatic heterocycles. The first-order valence-corrected chi connectivity index (χ1v) is 11.6. The molecule has 0 radical (unpaired) electrons. The van der Waals surface area contributed by atoms with Crippen molar-refractivity contribution in [1.29, 1.82) is 0 Å². The summed E-state index contributed by atoms with van der Waals surface area (Å²) in [6.07, 6.45) is 2.36. The molecule has 1 fully saturated rings. The van der Waals surface area contributed by atoms with Gasteiger partial charge in [-0.25, -0.2) is 4.39 Å². The molecular formula is C27H27FN2OS. The van der Waals surface area contributed by atoms with Crippen LogP contribution in [0.4, 0.5) is 4.39 Å². The fourth-order valence-corrected chi connectivity index (χ4v) is 5.72. The molecule has 164 valence electrons. The Morgan fingerprint density at radius 1 is 1.19 bits per heavy atom. The minimum atomic E-state index is -0.478. The van der Waals surface area contributed by atoms with Gasteiger partial charge in [0.05, 0.1) is 18.0 Å². The Hall–Kier alpha value is -2.63. The van der Waals surface area contributed by atoms with Crippen LogP contribution in [0.25, 0.3) is 11.1 Å². The Bertz CT molecular complexity index is 1180. The maximum Gasteiger partial charge on any atom is 0.141 e. The van der Waals surface area contributed by atoms with Crippen molar-refractivity contribution in [3.05, 3.63) is 89.0 Å². The second-order valence-electron chi connectivity index (χ2n) is 9.38. The Balaban J connectivity index is 1.45. The lowest BCUT2D eigenvalue weighted by Crippen LogP contribution is -2.33. The third-order valence-corrected chi connectivity index (χ3v) is 7.51. The number of likely N-dealkylation sites (tertiary alicyclic amines) is 1. The van der Waals surface area contributed by atoms with E-state index in [4.69, 9.17) is 12.2 Å². The molecule has 2 heterocycles. The fraction of sp³-hybridized carbons (Fsp3) is 0.333. The van der Waals surface area contributed by atoms with E-state index in [1.165, 1.54) is 29.0 Å². The summed E-state index contributed by atoms with van der Waals surface area (Å²) in [5, 5.41) is 11.0. The third-order valence-electron chi connectivity index (χ3n) is 7.05. The first-order valence-electron chi connectivity index (χ1n) is 11.2. The second-order valence-corrected chi connectivity index (χ2v) is 9.77. The highest BCUT2D eigenvalue weighted by molar-refractivity contribution is 7.80. The molecular weight excluding hydrogens is 419 g/mol. The standard InChI is InChI=1S/C27H27FN2OS/c1-17(2)20-5-3-4-6-21(20)18-7-9-23-22(13-18)25(31)14-27(23)11-12-30(16-27)26(32)24-10-8-19(28)15-29-24/h3-10,13,15,17,25,31H,11-12,14,16H2,1-2H3. The van der Waals surface area contributed by atoms with Crippen LogP contribution in [-0.4, -0.2) is 33.1 Å². The lowest BCUT2D eigenvalue weighted by atomic mass is 9.80. The van der Waals surface area contributed by atoms with E-state index in [0.717, 1.165) is 30.6 Å². The molecule has 0 saturated carbocycles. The van der Waals surface area contributed by atoms with Gasteiger partial charge in [-0.05, 0) is 64.8 Å². The van der Waals surface area contributed by atoms with Gasteiger partial charge in [0, 0.05) is 18.5 Å². The quantitative estimate of drug-likeness (QED) is 0.519. The van der Waals surface area contributed by atoms with E-state index in [1.807, 2.05) is 0 Å². The fourth-order valence-electron chi connectivity index (χ4n) is 5.44. The highest BCUT2D eigenvalue weighted by Crippen LogP contribution is 2.51. The van der Waals surface area contributed by atoms with Crippen molar-refractivity contribution in [2.45, 2.75) is 44.1 Å². The SMILES string of the molecule is CC(C)c1ccccc1-c1ccc2c(c1)C(O)CC21CCN(C(=S)c2ccc(F)cn2)C1. The van der Waals surface area contributed by atoms with Crippen LogP contribution >= 0.6 is 12.2 Å². The van der Waals surface area contributed by atoms with Crippen molar-refractivity contribution >= 4 is 17.2 Å². The van der Waals surface area contributed by atoms with Gasteiger partial charge in [-0.2, -0.15) is 0 Å². The Morgan fingerprint density at radius 3 is 2.75 bits per heavy atom. The van der Waals surface area contributed by atoms with Crippen molar-refractivity contribution in [2.75, 3.05) is 13.1 Å². The van der Waals surface area contributed by atoms with Gasteiger partial charge in [-0.1, -0.05) is 62.5 Å². The molecule has 1 aliphatic carbocycles. The van der Waals surface area contributed by atoms with Crippen LogP contribution in [0.3, 0.4) is 0 Å². The number of pyridine rings is 1. The first kappa shape index (κ1) is 21.2. The number of fused-ring (bicyclic) bond motifs is 2. The minimum Gasteiger partial charge on any atom is -0.388 e. The number of aliphatic hydroxyl groups is 1. The number of thiocarbonyl (C=S) groups is 1. The van der Waals surface area contributed by atoms with Crippen molar-refractivity contribution in [3.63, 3.8) is 0 Å². The molecule has 2 unspecified atom stereocenters. The van der Waals surface area contributed by atoms with Crippen LogP contribution in [0.1, 0.15) is 61.1 Å². The highest BCUT2D eigenvalue weighted by Gasteiger charge is 2.48. The normalized spacial score (nSPS) is 22.0. The van der Waals surface area contributed by atoms with Crippen molar-refractivity contribution in [3.8, 4) is 11.1 Å². The van der Waals surface area contributed by atoms with E-state index < -0.39 is 6.10 Å². The average molecular weight is 447 g/mol. The van der Waals surface area contributed by atoms with Crippen LogP contribution in [0.15, 0.2) is 60.8 Å². The zero-order valence-corrected chi connectivity index (χ0v) is 19.2. The third kappa shape index (κ3) is 3.54. The van der Waals surface area contributed by atoms with Gasteiger partial charge in [-0.3, -0.25) is 4.98 Å². The molecule has 0 bridgehead atoms. The Morgan fingerprint density at radius 2 is 2.00 bits per heavy atom. The van der Waals surface area contributed by atoms with E-state index in [-0.39, 0.29) is 11.2 Å². The maximum atomic E-state index is 13.3. The Labute approximate surface area is 193 Å². The lowest BCUT2D eigenvalue weighted by molar-refractivity contribution is 0.156. The van der Waals surface area contributed by atoms with Crippen molar-refractivity contribution in [1.82, 2.24) is 9.88 Å². The number of aromatic nitrogens is 1. The van der Waals surface area contributed by atoms with Crippen molar-refractivity contribution < 1.29 is 9.50 Å². The highest BCUT2D eigenvalue weighted by atomic mass is 32.1.